The van der Waals surface area contributed by atoms with Crippen LogP contribution in [0.4, 0.5) is 0 Å². The number of carbonyl (C=O) groups excluding carboxylic acids is 1. The molecule has 34 heavy (non-hydrogen) atoms. The number of aromatic hydroxyl groups is 1. The molecule has 186 valence electrons. The summed E-state index contributed by atoms with van der Waals surface area (Å²) in [5.74, 6) is -0.338. The molecule has 6 heteroatoms. The van der Waals surface area contributed by atoms with Crippen LogP contribution in [0, 0.1) is 0 Å². The highest BCUT2D eigenvalue weighted by Gasteiger charge is 2.33. The molecule has 0 fully saturated rings. The zero-order chi connectivity index (χ0) is 25.1. The SMILES string of the molecule is CCCCCCCN(C(=O)Cc1ccc(O)cc1)C(C)c1cccc(OC(C)(CC)C(=O)O)c1. The lowest BCUT2D eigenvalue weighted by Gasteiger charge is -2.31. The number of hydrogen-bond acceptors (Lipinski definition) is 4. The van der Waals surface area contributed by atoms with E-state index >= 15 is 0 Å². The number of ether oxygens (including phenoxy) is 1. The normalized spacial score (nSPS) is 13.6. The first-order valence-electron chi connectivity index (χ1n) is 12.3. The van der Waals surface area contributed by atoms with Crippen molar-refractivity contribution in [1.29, 1.82) is 0 Å². The maximum atomic E-state index is 13.3. The van der Waals surface area contributed by atoms with Gasteiger partial charge < -0.3 is 19.8 Å². The van der Waals surface area contributed by atoms with Crippen LogP contribution in [0.5, 0.6) is 11.5 Å². The van der Waals surface area contributed by atoms with Crippen LogP contribution >= 0.6 is 0 Å². The van der Waals surface area contributed by atoms with Crippen molar-refractivity contribution >= 4 is 11.9 Å². The van der Waals surface area contributed by atoms with Crippen LogP contribution in [0.3, 0.4) is 0 Å². The van der Waals surface area contributed by atoms with Crippen LogP contribution in [0.1, 0.15) is 83.4 Å². The van der Waals surface area contributed by atoms with Crippen LogP contribution in [0.2, 0.25) is 0 Å². The lowest BCUT2D eigenvalue weighted by atomic mass is 10.0. The second-order valence-electron chi connectivity index (χ2n) is 9.08. The fourth-order valence-corrected chi connectivity index (χ4v) is 3.86. The smallest absolute Gasteiger partial charge is 0.347 e. The number of carbonyl (C=O) groups is 2. The Hall–Kier alpha value is -3.02. The van der Waals surface area contributed by atoms with Crippen molar-refractivity contribution in [3.63, 3.8) is 0 Å². The average Bonchev–Trinajstić information content (AvgIpc) is 2.82. The molecule has 0 bridgehead atoms. The highest BCUT2D eigenvalue weighted by Crippen LogP contribution is 2.28. The summed E-state index contributed by atoms with van der Waals surface area (Å²) < 4.78 is 5.85. The van der Waals surface area contributed by atoms with Crippen LogP contribution in [0.25, 0.3) is 0 Å². The van der Waals surface area contributed by atoms with Gasteiger partial charge in [0.25, 0.3) is 0 Å². The quantitative estimate of drug-likeness (QED) is 0.325. The van der Waals surface area contributed by atoms with Crippen molar-refractivity contribution in [1.82, 2.24) is 4.90 Å². The van der Waals surface area contributed by atoms with E-state index in [0.29, 0.717) is 18.7 Å². The van der Waals surface area contributed by atoms with E-state index in [2.05, 4.69) is 6.92 Å². The Labute approximate surface area is 203 Å². The summed E-state index contributed by atoms with van der Waals surface area (Å²) in [5.41, 5.74) is 0.437. The average molecular weight is 470 g/mol. The second-order valence-corrected chi connectivity index (χ2v) is 9.08. The largest absolute Gasteiger partial charge is 0.508 e. The van der Waals surface area contributed by atoms with Crippen molar-refractivity contribution < 1.29 is 24.5 Å². The first-order valence-corrected chi connectivity index (χ1v) is 12.3. The highest BCUT2D eigenvalue weighted by atomic mass is 16.5. The van der Waals surface area contributed by atoms with E-state index in [1.54, 1.807) is 44.2 Å². The predicted octanol–water partition coefficient (Wildman–Crippen LogP) is 6.13. The van der Waals surface area contributed by atoms with Gasteiger partial charge in [0.2, 0.25) is 11.5 Å². The number of phenolic OH excluding ortho intramolecular Hbond substituents is 1. The minimum Gasteiger partial charge on any atom is -0.508 e. The first-order chi connectivity index (χ1) is 16.2. The lowest BCUT2D eigenvalue weighted by Crippen LogP contribution is -2.40. The van der Waals surface area contributed by atoms with E-state index < -0.39 is 11.6 Å². The molecule has 0 aliphatic rings. The molecular formula is C28H39NO5. The third-order valence-electron chi connectivity index (χ3n) is 6.39. The van der Waals surface area contributed by atoms with Crippen LogP contribution in [-0.2, 0) is 16.0 Å². The van der Waals surface area contributed by atoms with Crippen molar-refractivity contribution in [2.75, 3.05) is 6.54 Å². The first kappa shape index (κ1) is 27.2. The van der Waals surface area contributed by atoms with E-state index in [0.717, 1.165) is 30.4 Å². The molecule has 0 aliphatic heterocycles. The molecule has 2 N–H and O–H groups in total. The fraction of sp³-hybridized carbons (Fsp3) is 0.500. The number of phenols is 1. The molecular weight excluding hydrogens is 430 g/mol. The van der Waals surface area contributed by atoms with Gasteiger partial charge in [-0.3, -0.25) is 4.79 Å². The molecule has 1 amide bonds. The third kappa shape index (κ3) is 7.79. The Morgan fingerprint density at radius 1 is 1.03 bits per heavy atom. The van der Waals surface area contributed by atoms with Gasteiger partial charge in [-0.25, -0.2) is 4.79 Å². The fourth-order valence-electron chi connectivity index (χ4n) is 3.86. The molecule has 2 unspecified atom stereocenters. The van der Waals surface area contributed by atoms with Gasteiger partial charge in [0.15, 0.2) is 0 Å². The van der Waals surface area contributed by atoms with Crippen molar-refractivity contribution in [3.8, 4) is 11.5 Å². The zero-order valence-corrected chi connectivity index (χ0v) is 20.9. The van der Waals surface area contributed by atoms with E-state index in [4.69, 9.17) is 4.74 Å². The van der Waals surface area contributed by atoms with Crippen molar-refractivity contribution in [3.05, 3.63) is 59.7 Å². The predicted molar refractivity (Wildman–Crippen MR) is 134 cm³/mol. The Kier molecular flexibility index (Phi) is 10.4. The number of benzene rings is 2. The van der Waals surface area contributed by atoms with Gasteiger partial charge in [0.1, 0.15) is 11.5 Å². The Balaban J connectivity index is 2.22. The number of unbranched alkanes of at least 4 members (excludes halogenated alkanes) is 4. The molecule has 2 aromatic carbocycles. The topological polar surface area (TPSA) is 87.1 Å². The third-order valence-corrected chi connectivity index (χ3v) is 6.39. The molecule has 0 heterocycles. The Morgan fingerprint density at radius 2 is 1.71 bits per heavy atom. The molecule has 2 aromatic rings. The van der Waals surface area contributed by atoms with E-state index in [9.17, 15) is 19.8 Å². The second kappa shape index (κ2) is 13.0. The summed E-state index contributed by atoms with van der Waals surface area (Å²) in [5, 5.41) is 19.1. The number of hydrogen-bond donors (Lipinski definition) is 2. The van der Waals surface area contributed by atoms with Gasteiger partial charge in [0, 0.05) is 6.54 Å². The molecule has 0 saturated heterocycles. The molecule has 6 nitrogen and oxygen atoms in total. The summed E-state index contributed by atoms with van der Waals surface area (Å²) in [6.45, 7) is 8.17. The van der Waals surface area contributed by atoms with Crippen LogP contribution in [-0.4, -0.2) is 39.1 Å². The van der Waals surface area contributed by atoms with Gasteiger partial charge in [0.05, 0.1) is 12.5 Å². The number of amides is 1. The van der Waals surface area contributed by atoms with Crippen LogP contribution < -0.4 is 4.74 Å². The summed E-state index contributed by atoms with van der Waals surface area (Å²) in [6.07, 6.45) is 6.09. The van der Waals surface area contributed by atoms with Gasteiger partial charge in [-0.1, -0.05) is 63.8 Å². The molecule has 0 saturated carbocycles. The van der Waals surface area contributed by atoms with Gasteiger partial charge in [-0.05, 0) is 62.1 Å². The number of carboxylic acids is 1. The van der Waals surface area contributed by atoms with E-state index in [1.807, 2.05) is 30.0 Å². The van der Waals surface area contributed by atoms with E-state index in [1.165, 1.54) is 12.8 Å². The standard InChI is InChI=1S/C28H39NO5/c1-5-7-8-9-10-18-29(26(31)19-22-14-16-24(30)17-15-22)21(3)23-12-11-13-25(20-23)34-28(4,6-2)27(32)33/h11-17,20-21,30H,5-10,18-19H2,1-4H3,(H,32,33). The molecule has 2 atom stereocenters. The van der Waals surface area contributed by atoms with E-state index in [-0.39, 0.29) is 24.1 Å². The van der Waals surface area contributed by atoms with Crippen LogP contribution in [0.15, 0.2) is 48.5 Å². The number of rotatable bonds is 14. The lowest BCUT2D eigenvalue weighted by molar-refractivity contribution is -0.154. The van der Waals surface area contributed by atoms with Gasteiger partial charge >= 0.3 is 5.97 Å². The molecule has 0 radical (unpaired) electrons. The molecule has 0 aliphatic carbocycles. The number of aliphatic carboxylic acids is 1. The maximum Gasteiger partial charge on any atom is 0.347 e. The molecule has 0 aromatic heterocycles. The Morgan fingerprint density at radius 3 is 2.32 bits per heavy atom. The minimum absolute atomic E-state index is 0.0175. The highest BCUT2D eigenvalue weighted by molar-refractivity contribution is 5.79. The molecule has 2 rings (SSSR count). The molecule has 0 spiro atoms. The minimum atomic E-state index is -1.31. The van der Waals surface area contributed by atoms with Crippen molar-refractivity contribution in [2.24, 2.45) is 0 Å². The maximum absolute atomic E-state index is 13.3. The monoisotopic (exact) mass is 469 g/mol. The van der Waals surface area contributed by atoms with Crippen molar-refractivity contribution in [2.45, 2.75) is 84.3 Å². The summed E-state index contributed by atoms with van der Waals surface area (Å²) in [4.78, 5) is 26.9. The summed E-state index contributed by atoms with van der Waals surface area (Å²) >= 11 is 0. The summed E-state index contributed by atoms with van der Waals surface area (Å²) in [6, 6.07) is 13.9. The number of nitrogens with zero attached hydrogens (tertiary/aromatic N) is 1. The van der Waals surface area contributed by atoms with Gasteiger partial charge in [-0.15, -0.1) is 0 Å². The summed E-state index contributed by atoms with van der Waals surface area (Å²) in [7, 11) is 0. The Bertz CT molecular complexity index is 927. The van der Waals surface area contributed by atoms with Gasteiger partial charge in [-0.2, -0.15) is 0 Å². The number of carboxylic acid groups (broad SMARTS) is 1. The zero-order valence-electron chi connectivity index (χ0n) is 20.9.